The first-order valence-electron chi connectivity index (χ1n) is 9.77. The lowest BCUT2D eigenvalue weighted by molar-refractivity contribution is -0.00266. The summed E-state index contributed by atoms with van der Waals surface area (Å²) in [6.07, 6.45) is 2.96. The second-order valence-corrected chi connectivity index (χ2v) is 7.05. The quantitative estimate of drug-likeness (QED) is 0.512. The minimum atomic E-state index is -0.644. The van der Waals surface area contributed by atoms with E-state index in [1.807, 2.05) is 79.3 Å². The number of aryl methyl sites for hydroxylation is 1. The topological polar surface area (TPSA) is 68.5 Å². The predicted octanol–water partition coefficient (Wildman–Crippen LogP) is 3.67. The minimum Gasteiger partial charge on any atom is -0.497 e. The third kappa shape index (κ3) is 6.31. The molecule has 0 radical (unpaired) electrons. The van der Waals surface area contributed by atoms with Gasteiger partial charge in [0.15, 0.2) is 0 Å². The van der Waals surface area contributed by atoms with Gasteiger partial charge in [-0.3, -0.25) is 0 Å². The van der Waals surface area contributed by atoms with Crippen molar-refractivity contribution in [3.8, 4) is 5.75 Å². The maximum absolute atomic E-state index is 10.5. The Morgan fingerprint density at radius 1 is 1.10 bits per heavy atom. The summed E-state index contributed by atoms with van der Waals surface area (Å²) in [4.78, 5) is 4.49. The van der Waals surface area contributed by atoms with Crippen molar-refractivity contribution in [2.24, 2.45) is 7.05 Å². The van der Waals surface area contributed by atoms with Crippen molar-refractivity contribution in [3.63, 3.8) is 0 Å². The average molecular weight is 432 g/mol. The van der Waals surface area contributed by atoms with Crippen molar-refractivity contribution in [2.75, 3.05) is 20.3 Å². The van der Waals surface area contributed by atoms with Gasteiger partial charge in [0, 0.05) is 26.0 Å². The zero-order chi connectivity index (χ0) is 20.6. The third-order valence-corrected chi connectivity index (χ3v) is 4.91. The molecule has 0 aliphatic carbocycles. The SMILES string of the molecule is COc1cccc(C(NCC(O)COC(C)c2ccccc2)c2nccn2C)c1.Cl. The fourth-order valence-electron chi connectivity index (χ4n) is 3.22. The summed E-state index contributed by atoms with van der Waals surface area (Å²) >= 11 is 0. The number of methoxy groups -OCH3 is 1. The number of halogens is 1. The molecule has 0 saturated carbocycles. The molecule has 0 aliphatic heterocycles. The Bertz CT molecular complexity index is 888. The van der Waals surface area contributed by atoms with E-state index in [1.165, 1.54) is 0 Å². The molecule has 0 aliphatic rings. The number of imidazole rings is 1. The summed E-state index contributed by atoms with van der Waals surface area (Å²) in [6, 6.07) is 17.7. The molecular formula is C23H30ClN3O3. The van der Waals surface area contributed by atoms with E-state index in [0.29, 0.717) is 6.54 Å². The molecule has 7 heteroatoms. The molecule has 0 bridgehead atoms. The Balaban J connectivity index is 0.00000320. The van der Waals surface area contributed by atoms with Gasteiger partial charge in [0.25, 0.3) is 0 Å². The maximum atomic E-state index is 10.5. The highest BCUT2D eigenvalue weighted by Gasteiger charge is 2.20. The molecule has 3 aromatic rings. The number of aromatic nitrogens is 2. The van der Waals surface area contributed by atoms with Crippen LogP contribution in [0.5, 0.6) is 5.75 Å². The molecule has 162 valence electrons. The summed E-state index contributed by atoms with van der Waals surface area (Å²) in [7, 11) is 3.61. The zero-order valence-electron chi connectivity index (χ0n) is 17.6. The number of hydrogen-bond donors (Lipinski definition) is 2. The van der Waals surface area contributed by atoms with E-state index in [0.717, 1.165) is 22.7 Å². The minimum absolute atomic E-state index is 0. The molecular weight excluding hydrogens is 402 g/mol. The Morgan fingerprint density at radius 3 is 2.50 bits per heavy atom. The van der Waals surface area contributed by atoms with Crippen LogP contribution in [0, 0.1) is 0 Å². The lowest BCUT2D eigenvalue weighted by atomic mass is 10.1. The first-order valence-corrected chi connectivity index (χ1v) is 9.77. The van der Waals surface area contributed by atoms with Gasteiger partial charge in [-0.25, -0.2) is 4.98 Å². The Hall–Kier alpha value is -2.38. The van der Waals surface area contributed by atoms with Gasteiger partial charge in [-0.05, 0) is 30.2 Å². The van der Waals surface area contributed by atoms with E-state index in [9.17, 15) is 5.11 Å². The molecule has 0 amide bonds. The largest absolute Gasteiger partial charge is 0.497 e. The smallest absolute Gasteiger partial charge is 0.130 e. The number of benzene rings is 2. The molecule has 30 heavy (non-hydrogen) atoms. The fourth-order valence-corrected chi connectivity index (χ4v) is 3.22. The van der Waals surface area contributed by atoms with Crippen LogP contribution in [0.3, 0.4) is 0 Å². The first-order chi connectivity index (χ1) is 14.1. The van der Waals surface area contributed by atoms with Crippen LogP contribution in [0.2, 0.25) is 0 Å². The summed E-state index contributed by atoms with van der Waals surface area (Å²) in [5.41, 5.74) is 2.11. The van der Waals surface area contributed by atoms with E-state index in [2.05, 4.69) is 10.3 Å². The number of nitrogens with zero attached hydrogens (tertiary/aromatic N) is 2. The number of aliphatic hydroxyl groups excluding tert-OH is 1. The highest BCUT2D eigenvalue weighted by Crippen LogP contribution is 2.24. The van der Waals surface area contributed by atoms with Crippen LogP contribution in [0.4, 0.5) is 0 Å². The fraction of sp³-hybridized carbons (Fsp3) is 0.348. The second-order valence-electron chi connectivity index (χ2n) is 7.05. The van der Waals surface area contributed by atoms with Crippen molar-refractivity contribution in [1.82, 2.24) is 14.9 Å². The molecule has 1 heterocycles. The number of hydrogen-bond acceptors (Lipinski definition) is 5. The van der Waals surface area contributed by atoms with Gasteiger partial charge >= 0.3 is 0 Å². The second kappa shape index (κ2) is 11.7. The molecule has 3 unspecified atom stereocenters. The molecule has 2 aromatic carbocycles. The molecule has 6 nitrogen and oxygen atoms in total. The van der Waals surface area contributed by atoms with Gasteiger partial charge in [0.2, 0.25) is 0 Å². The van der Waals surface area contributed by atoms with Gasteiger partial charge < -0.3 is 24.5 Å². The number of nitrogens with one attached hydrogen (secondary N) is 1. The van der Waals surface area contributed by atoms with Crippen molar-refractivity contribution >= 4 is 12.4 Å². The standard InChI is InChI=1S/C23H29N3O3.ClH/c1-17(18-8-5-4-6-9-18)29-16-20(27)15-25-22(23-24-12-13-26(23)2)19-10-7-11-21(14-19)28-3;/h4-14,17,20,22,25,27H,15-16H2,1-3H3;1H. The lowest BCUT2D eigenvalue weighted by Crippen LogP contribution is -2.35. The van der Waals surface area contributed by atoms with E-state index in [1.54, 1.807) is 13.3 Å². The molecule has 0 saturated heterocycles. The van der Waals surface area contributed by atoms with E-state index >= 15 is 0 Å². The average Bonchev–Trinajstić information content (AvgIpc) is 3.18. The lowest BCUT2D eigenvalue weighted by Gasteiger charge is -2.22. The third-order valence-electron chi connectivity index (χ3n) is 4.91. The van der Waals surface area contributed by atoms with Crippen molar-refractivity contribution < 1.29 is 14.6 Å². The maximum Gasteiger partial charge on any atom is 0.130 e. The molecule has 2 N–H and O–H groups in total. The Kier molecular flexibility index (Phi) is 9.33. The molecule has 3 rings (SSSR count). The predicted molar refractivity (Wildman–Crippen MR) is 120 cm³/mol. The van der Waals surface area contributed by atoms with E-state index in [-0.39, 0.29) is 31.2 Å². The van der Waals surface area contributed by atoms with Crippen molar-refractivity contribution in [3.05, 3.63) is 83.9 Å². The highest BCUT2D eigenvalue weighted by molar-refractivity contribution is 5.85. The van der Waals surface area contributed by atoms with Gasteiger partial charge in [0.1, 0.15) is 11.6 Å². The highest BCUT2D eigenvalue weighted by atomic mass is 35.5. The summed E-state index contributed by atoms with van der Waals surface area (Å²) in [6.45, 7) is 2.60. The summed E-state index contributed by atoms with van der Waals surface area (Å²) in [5.74, 6) is 1.65. The van der Waals surface area contributed by atoms with Gasteiger partial charge in [-0.1, -0.05) is 42.5 Å². The van der Waals surface area contributed by atoms with Gasteiger partial charge in [-0.2, -0.15) is 0 Å². The zero-order valence-corrected chi connectivity index (χ0v) is 18.4. The van der Waals surface area contributed by atoms with Crippen molar-refractivity contribution in [1.29, 1.82) is 0 Å². The number of ether oxygens (including phenoxy) is 2. The van der Waals surface area contributed by atoms with Crippen LogP contribution >= 0.6 is 12.4 Å². The molecule has 1 aromatic heterocycles. The van der Waals surface area contributed by atoms with Crippen LogP contribution < -0.4 is 10.1 Å². The molecule has 0 fully saturated rings. The van der Waals surface area contributed by atoms with Crippen LogP contribution in [0.15, 0.2) is 67.0 Å². The Labute approximate surface area is 184 Å². The summed E-state index contributed by atoms with van der Waals surface area (Å²) < 4.78 is 13.2. The molecule has 3 atom stereocenters. The van der Waals surface area contributed by atoms with Crippen LogP contribution in [0.25, 0.3) is 0 Å². The number of aliphatic hydroxyl groups is 1. The van der Waals surface area contributed by atoms with Crippen LogP contribution in [-0.2, 0) is 11.8 Å². The summed E-state index contributed by atoms with van der Waals surface area (Å²) in [5, 5.41) is 13.9. The monoisotopic (exact) mass is 431 g/mol. The number of rotatable bonds is 10. The van der Waals surface area contributed by atoms with Crippen LogP contribution in [-0.4, -0.2) is 41.0 Å². The first kappa shape index (κ1) is 23.9. The van der Waals surface area contributed by atoms with Gasteiger partial charge in [0.05, 0.1) is 32.0 Å². The van der Waals surface area contributed by atoms with Crippen molar-refractivity contribution in [2.45, 2.75) is 25.2 Å². The van der Waals surface area contributed by atoms with Crippen LogP contribution in [0.1, 0.15) is 36.0 Å². The van der Waals surface area contributed by atoms with E-state index in [4.69, 9.17) is 9.47 Å². The normalized spacial score (nSPS) is 13.9. The Morgan fingerprint density at radius 2 is 1.83 bits per heavy atom. The van der Waals surface area contributed by atoms with E-state index < -0.39 is 6.10 Å². The van der Waals surface area contributed by atoms with Gasteiger partial charge in [-0.15, -0.1) is 12.4 Å². The molecule has 0 spiro atoms.